The Morgan fingerprint density at radius 1 is 1.36 bits per heavy atom. The number of nitrogens with one attached hydrogen (secondary N) is 1. The molecule has 1 aliphatic rings. The Morgan fingerprint density at radius 3 is 2.73 bits per heavy atom. The average molecular weight is 336 g/mol. The zero-order valence-electron chi connectivity index (χ0n) is 12.6. The Labute approximate surface area is 140 Å². The lowest BCUT2D eigenvalue weighted by molar-refractivity contribution is -0.127. The van der Waals surface area contributed by atoms with E-state index in [4.69, 9.17) is 12.2 Å². The summed E-state index contributed by atoms with van der Waals surface area (Å²) in [6, 6.07) is 9.79. The van der Waals surface area contributed by atoms with Crippen LogP contribution in [0.1, 0.15) is 31.7 Å². The van der Waals surface area contributed by atoms with Crippen molar-refractivity contribution >= 4 is 40.1 Å². The maximum atomic E-state index is 12.1. The van der Waals surface area contributed by atoms with Crippen molar-refractivity contribution in [1.29, 1.82) is 0 Å². The first-order valence-corrected chi connectivity index (χ1v) is 8.73. The van der Waals surface area contributed by atoms with Crippen molar-refractivity contribution in [3.05, 3.63) is 35.9 Å². The van der Waals surface area contributed by atoms with Crippen molar-refractivity contribution in [2.45, 2.75) is 38.0 Å². The maximum Gasteiger partial charge on any atom is 0.241 e. The number of hydrogen-bond acceptors (Lipinski definition) is 4. The van der Waals surface area contributed by atoms with E-state index in [2.05, 4.69) is 5.32 Å². The van der Waals surface area contributed by atoms with Crippen molar-refractivity contribution < 1.29 is 9.59 Å². The van der Waals surface area contributed by atoms with Gasteiger partial charge in [-0.25, -0.2) is 0 Å². The van der Waals surface area contributed by atoms with Crippen molar-refractivity contribution in [2.75, 3.05) is 6.54 Å². The number of rotatable bonds is 7. The lowest BCUT2D eigenvalue weighted by Gasteiger charge is -2.15. The van der Waals surface area contributed by atoms with Crippen molar-refractivity contribution in [2.24, 2.45) is 0 Å². The molecule has 0 radical (unpaired) electrons. The molecule has 0 bridgehead atoms. The zero-order chi connectivity index (χ0) is 15.9. The molecule has 22 heavy (non-hydrogen) atoms. The highest BCUT2D eigenvalue weighted by Gasteiger charge is 2.34. The highest BCUT2D eigenvalue weighted by Crippen LogP contribution is 2.29. The molecule has 4 nitrogen and oxygen atoms in total. The van der Waals surface area contributed by atoms with Gasteiger partial charge in [0.15, 0.2) is 0 Å². The minimum atomic E-state index is -0.0422. The van der Waals surface area contributed by atoms with Crippen LogP contribution < -0.4 is 5.32 Å². The quantitative estimate of drug-likeness (QED) is 0.778. The average Bonchev–Trinajstić information content (AvgIpc) is 2.81. The number of amides is 2. The van der Waals surface area contributed by atoms with E-state index >= 15 is 0 Å². The van der Waals surface area contributed by atoms with Crippen LogP contribution in [0.15, 0.2) is 30.3 Å². The molecule has 118 valence electrons. The molecular formula is C16H20N2O2S2. The molecule has 1 atom stereocenters. The first-order valence-electron chi connectivity index (χ1n) is 7.44. The van der Waals surface area contributed by atoms with Gasteiger partial charge in [-0.1, -0.05) is 61.2 Å². The third-order valence-electron chi connectivity index (χ3n) is 3.49. The highest BCUT2D eigenvalue weighted by molar-refractivity contribution is 8.24. The first-order chi connectivity index (χ1) is 10.6. The summed E-state index contributed by atoms with van der Waals surface area (Å²) in [5, 5.41) is 2.84. The van der Waals surface area contributed by atoms with Gasteiger partial charge in [0.05, 0.1) is 5.25 Å². The van der Waals surface area contributed by atoms with Gasteiger partial charge in [-0.3, -0.25) is 14.5 Å². The normalized spacial score (nSPS) is 17.9. The molecule has 1 unspecified atom stereocenters. The van der Waals surface area contributed by atoms with Crippen LogP contribution in [-0.4, -0.2) is 32.8 Å². The van der Waals surface area contributed by atoms with Crippen LogP contribution in [0.4, 0.5) is 0 Å². The number of nitrogens with zero attached hydrogens (tertiary/aromatic N) is 1. The second-order valence-corrected chi connectivity index (χ2v) is 6.97. The van der Waals surface area contributed by atoms with Crippen molar-refractivity contribution in [1.82, 2.24) is 10.2 Å². The number of hydrogen-bond donors (Lipinski definition) is 1. The highest BCUT2D eigenvalue weighted by atomic mass is 32.2. The minimum Gasteiger partial charge on any atom is -0.352 e. The number of carbonyl (C=O) groups excluding carboxylic acids is 2. The topological polar surface area (TPSA) is 49.4 Å². The van der Waals surface area contributed by atoms with Crippen LogP contribution in [0.25, 0.3) is 0 Å². The van der Waals surface area contributed by atoms with Crippen LogP contribution in [-0.2, 0) is 16.1 Å². The molecule has 2 amide bonds. The third kappa shape index (κ3) is 4.55. The van der Waals surface area contributed by atoms with Crippen LogP contribution in [0.5, 0.6) is 0 Å². The summed E-state index contributed by atoms with van der Waals surface area (Å²) < 4.78 is 0.640. The molecule has 1 aliphatic heterocycles. The molecule has 2 rings (SSSR count). The monoisotopic (exact) mass is 336 g/mol. The number of benzene rings is 1. The fraction of sp³-hybridized carbons (Fsp3) is 0.438. The maximum absolute atomic E-state index is 12.1. The van der Waals surface area contributed by atoms with Gasteiger partial charge in [-0.05, 0) is 18.4 Å². The Bertz CT molecular complexity index is 548. The molecule has 0 aromatic heterocycles. The second kappa shape index (κ2) is 8.29. The Morgan fingerprint density at radius 2 is 2.09 bits per heavy atom. The second-order valence-electron chi connectivity index (χ2n) is 5.14. The molecule has 1 saturated heterocycles. The molecule has 1 fully saturated rings. The van der Waals surface area contributed by atoms with E-state index < -0.39 is 0 Å². The van der Waals surface area contributed by atoms with E-state index in [0.717, 1.165) is 12.0 Å². The predicted molar refractivity (Wildman–Crippen MR) is 93.5 cm³/mol. The van der Waals surface area contributed by atoms with E-state index in [1.54, 1.807) is 4.90 Å². The van der Waals surface area contributed by atoms with Gasteiger partial charge in [0.1, 0.15) is 4.32 Å². The molecule has 1 aromatic rings. The van der Waals surface area contributed by atoms with Crippen molar-refractivity contribution in [3.63, 3.8) is 0 Å². The van der Waals surface area contributed by atoms with E-state index in [1.807, 2.05) is 37.3 Å². The minimum absolute atomic E-state index is 0.00103. The standard InChI is InChI=1S/C16H20N2O2S2/c1-2-13-15(20)18(16(21)22-13)10-6-9-14(19)17-11-12-7-4-3-5-8-12/h3-5,7-8,13H,2,6,9-11H2,1H3,(H,17,19). The van der Waals surface area contributed by atoms with Crippen LogP contribution in [0.3, 0.4) is 0 Å². The van der Waals surface area contributed by atoms with Crippen LogP contribution in [0, 0.1) is 0 Å². The van der Waals surface area contributed by atoms with Gasteiger partial charge in [-0.2, -0.15) is 0 Å². The molecule has 0 aliphatic carbocycles. The van der Waals surface area contributed by atoms with Gasteiger partial charge < -0.3 is 5.32 Å². The summed E-state index contributed by atoms with van der Waals surface area (Å²) in [5.74, 6) is 0.0864. The molecule has 0 saturated carbocycles. The Kier molecular flexibility index (Phi) is 6.39. The first kappa shape index (κ1) is 17.0. The number of thioether (sulfide) groups is 1. The molecule has 1 N–H and O–H groups in total. The van der Waals surface area contributed by atoms with Gasteiger partial charge >= 0.3 is 0 Å². The summed E-state index contributed by atoms with van der Waals surface area (Å²) in [6.07, 6.45) is 1.82. The summed E-state index contributed by atoms with van der Waals surface area (Å²) >= 11 is 6.68. The van der Waals surface area contributed by atoms with Gasteiger partial charge in [0.25, 0.3) is 0 Å². The molecule has 1 aromatic carbocycles. The van der Waals surface area contributed by atoms with Gasteiger partial charge in [0, 0.05) is 19.5 Å². The molecule has 0 spiro atoms. The third-order valence-corrected chi connectivity index (χ3v) is 5.24. The summed E-state index contributed by atoms with van der Waals surface area (Å²) in [6.45, 7) is 3.05. The number of thiocarbonyl (C=S) groups is 1. The van der Waals surface area contributed by atoms with Gasteiger partial charge in [-0.15, -0.1) is 0 Å². The van der Waals surface area contributed by atoms with Crippen molar-refractivity contribution in [3.8, 4) is 0 Å². The smallest absolute Gasteiger partial charge is 0.241 e. The lowest BCUT2D eigenvalue weighted by Crippen LogP contribution is -2.33. The van der Waals surface area contributed by atoms with E-state index in [9.17, 15) is 9.59 Å². The number of carbonyl (C=O) groups is 2. The Balaban J connectivity index is 1.69. The van der Waals surface area contributed by atoms with Crippen LogP contribution in [0.2, 0.25) is 0 Å². The molecular weight excluding hydrogens is 316 g/mol. The van der Waals surface area contributed by atoms with E-state index in [0.29, 0.717) is 30.3 Å². The largest absolute Gasteiger partial charge is 0.352 e. The summed E-state index contributed by atoms with van der Waals surface area (Å²) in [7, 11) is 0. The fourth-order valence-corrected chi connectivity index (χ4v) is 3.72. The zero-order valence-corrected chi connectivity index (χ0v) is 14.2. The SMILES string of the molecule is CCC1SC(=S)N(CCCC(=O)NCc2ccccc2)C1=O. The fourth-order valence-electron chi connectivity index (χ4n) is 2.24. The molecule has 6 heteroatoms. The molecule has 1 heterocycles. The van der Waals surface area contributed by atoms with E-state index in [-0.39, 0.29) is 17.1 Å². The summed E-state index contributed by atoms with van der Waals surface area (Å²) in [5.41, 5.74) is 1.08. The summed E-state index contributed by atoms with van der Waals surface area (Å²) in [4.78, 5) is 25.5. The van der Waals surface area contributed by atoms with Crippen LogP contribution >= 0.6 is 24.0 Å². The predicted octanol–water partition coefficient (Wildman–Crippen LogP) is 2.72. The Hall–Kier alpha value is -1.40. The van der Waals surface area contributed by atoms with E-state index in [1.165, 1.54) is 11.8 Å². The lowest BCUT2D eigenvalue weighted by atomic mass is 10.2. The van der Waals surface area contributed by atoms with Gasteiger partial charge in [0.2, 0.25) is 11.8 Å².